The van der Waals surface area contributed by atoms with Gasteiger partial charge in [-0.3, -0.25) is 14.2 Å². The Kier molecular flexibility index (Phi) is 8.49. The number of benzene rings is 1. The van der Waals surface area contributed by atoms with Crippen LogP contribution in [0.2, 0.25) is 0 Å². The summed E-state index contributed by atoms with van der Waals surface area (Å²) in [6.07, 6.45) is 0.925. The van der Waals surface area contributed by atoms with Gasteiger partial charge in [0, 0.05) is 46.3 Å². The Morgan fingerprint density at radius 3 is 2.47 bits per heavy atom. The van der Waals surface area contributed by atoms with Gasteiger partial charge in [-0.1, -0.05) is 19.6 Å². The fourth-order valence-electron chi connectivity index (χ4n) is 4.34. The zero-order chi connectivity index (χ0) is 25.3. The molecule has 1 amide bonds. The normalized spacial score (nSPS) is 18.9. The summed E-state index contributed by atoms with van der Waals surface area (Å²) in [5, 5.41) is 13.0. The van der Waals surface area contributed by atoms with E-state index in [0.717, 1.165) is 0 Å². The Hall–Kier alpha value is -2.87. The van der Waals surface area contributed by atoms with Crippen molar-refractivity contribution in [3.63, 3.8) is 0 Å². The average molecular weight is 525 g/mol. The maximum atomic E-state index is 13.3. The third-order valence-corrected chi connectivity index (χ3v) is 8.51. The molecule has 3 heterocycles. The number of amides is 1. The maximum Gasteiger partial charge on any atom is 0.296 e. The number of carbonyl (C=O) groups excluding carboxylic acids is 1. The van der Waals surface area contributed by atoms with Crippen molar-refractivity contribution < 1.29 is 22.7 Å². The summed E-state index contributed by atoms with van der Waals surface area (Å²) in [6, 6.07) is 4.73. The van der Waals surface area contributed by atoms with E-state index in [9.17, 15) is 27.5 Å². The molecule has 2 aliphatic rings. The number of carbonyl (C=O) groups is 1. The first-order valence-corrected chi connectivity index (χ1v) is 12.8. The summed E-state index contributed by atoms with van der Waals surface area (Å²) in [5.41, 5.74) is -0.650. The molecular weight excluding hydrogens is 491 g/mol. The number of hydrogen-bond donors (Lipinski definition) is 2. The van der Waals surface area contributed by atoms with Crippen molar-refractivity contribution in [2.24, 2.45) is 0 Å². The molecule has 0 aliphatic carbocycles. The van der Waals surface area contributed by atoms with Crippen molar-refractivity contribution >= 4 is 16.1 Å². The highest BCUT2D eigenvalue weighted by molar-refractivity contribution is 7.86. The van der Waals surface area contributed by atoms with E-state index in [4.69, 9.17) is 0 Å². The average Bonchev–Trinajstić information content (AvgIpc) is 2.85. The van der Waals surface area contributed by atoms with Crippen LogP contribution in [0.4, 0.5) is 4.39 Å². The van der Waals surface area contributed by atoms with Crippen LogP contribution in [-0.2, 0) is 23.3 Å². The van der Waals surface area contributed by atoms with E-state index >= 15 is 0 Å². The molecule has 0 spiro atoms. The van der Waals surface area contributed by atoms with Gasteiger partial charge in [0.1, 0.15) is 11.6 Å². The first-order chi connectivity index (χ1) is 16.6. The van der Waals surface area contributed by atoms with Gasteiger partial charge in [0.15, 0.2) is 5.69 Å². The molecule has 2 aliphatic heterocycles. The zero-order valence-electron chi connectivity index (χ0n) is 19.6. The highest BCUT2D eigenvalue weighted by Crippen LogP contribution is 2.31. The van der Waals surface area contributed by atoms with E-state index in [1.807, 2.05) is 11.9 Å². The van der Waals surface area contributed by atoms with E-state index in [2.05, 4.69) is 10.3 Å². The number of fused-ring (bicyclic) bond motifs is 1. The molecule has 0 radical (unpaired) electrons. The van der Waals surface area contributed by atoms with Crippen molar-refractivity contribution in [1.29, 1.82) is 0 Å². The Morgan fingerprint density at radius 1 is 1.19 bits per heavy atom. The predicted molar refractivity (Wildman–Crippen MR) is 132 cm³/mol. The van der Waals surface area contributed by atoms with Crippen LogP contribution in [0.3, 0.4) is 0 Å². The molecule has 11 nitrogen and oxygen atoms in total. The lowest BCUT2D eigenvalue weighted by molar-refractivity contribution is 0.0940. The Bertz CT molecular complexity index is 1260. The van der Waals surface area contributed by atoms with Gasteiger partial charge in [0.2, 0.25) is 5.75 Å². The third kappa shape index (κ3) is 5.43. The van der Waals surface area contributed by atoms with E-state index in [-0.39, 0.29) is 26.3 Å². The highest BCUT2D eigenvalue weighted by atomic mass is 32.2. The van der Waals surface area contributed by atoms with Crippen LogP contribution >= 0.6 is 0 Å². The summed E-state index contributed by atoms with van der Waals surface area (Å²) >= 11 is 0. The van der Waals surface area contributed by atoms with Gasteiger partial charge in [-0.25, -0.2) is 9.37 Å². The SMILES string of the molecule is C.CN1CCN(S(=O)(=O)N(C)C2CCCn3c2nc(C(=O)NCc2ccc(F)cc2)c(O)c3=O)CC1. The molecular formula is C23H33FN6O5S. The number of nitrogens with zero attached hydrogens (tertiary/aromatic N) is 5. The molecule has 1 fully saturated rings. The van der Waals surface area contributed by atoms with Crippen molar-refractivity contribution in [2.45, 2.75) is 39.4 Å². The lowest BCUT2D eigenvalue weighted by Crippen LogP contribution is -2.52. The zero-order valence-corrected chi connectivity index (χ0v) is 20.5. The lowest BCUT2D eigenvalue weighted by atomic mass is 10.1. The van der Waals surface area contributed by atoms with Crippen LogP contribution < -0.4 is 10.9 Å². The van der Waals surface area contributed by atoms with Gasteiger partial charge < -0.3 is 15.3 Å². The van der Waals surface area contributed by atoms with Gasteiger partial charge in [-0.05, 0) is 37.6 Å². The van der Waals surface area contributed by atoms with Crippen molar-refractivity contribution in [2.75, 3.05) is 40.3 Å². The standard InChI is InChI=1S/C22H29FN6O5S.CH4/c1-26-10-12-28(13-11-26)35(33,34)27(2)17-4-3-9-29-20(17)25-18(19(30)22(29)32)21(31)24-14-15-5-7-16(23)8-6-15;/h5-8,17,30H,3-4,9-14H2,1-2H3,(H,24,31);1H4. The lowest BCUT2D eigenvalue weighted by Gasteiger charge is -2.38. The molecule has 198 valence electrons. The maximum absolute atomic E-state index is 13.3. The molecule has 13 heteroatoms. The van der Waals surface area contributed by atoms with Crippen molar-refractivity contribution in [1.82, 2.24) is 28.4 Å². The van der Waals surface area contributed by atoms with Crippen molar-refractivity contribution in [3.05, 3.63) is 57.5 Å². The second-order valence-corrected chi connectivity index (χ2v) is 10.8. The fraction of sp³-hybridized carbons (Fsp3) is 0.522. The first-order valence-electron chi connectivity index (χ1n) is 11.4. The van der Waals surface area contributed by atoms with E-state index in [1.54, 1.807) is 0 Å². The molecule has 2 aromatic rings. The van der Waals surface area contributed by atoms with Gasteiger partial charge in [0.25, 0.3) is 21.7 Å². The van der Waals surface area contributed by atoms with E-state index in [0.29, 0.717) is 44.6 Å². The number of rotatable bonds is 6. The summed E-state index contributed by atoms with van der Waals surface area (Å²) in [6.45, 7) is 2.20. The van der Waals surface area contributed by atoms with Gasteiger partial charge >= 0.3 is 0 Å². The molecule has 0 saturated carbocycles. The number of hydrogen-bond acceptors (Lipinski definition) is 7. The molecule has 36 heavy (non-hydrogen) atoms. The Morgan fingerprint density at radius 2 is 1.83 bits per heavy atom. The second kappa shape index (κ2) is 11.0. The fourth-order valence-corrected chi connectivity index (χ4v) is 5.85. The Balaban J connectivity index is 0.00000361. The number of halogens is 1. The predicted octanol–water partition coefficient (Wildman–Crippen LogP) is 0.913. The monoisotopic (exact) mass is 524 g/mol. The quantitative estimate of drug-likeness (QED) is 0.575. The molecule has 1 aromatic heterocycles. The first kappa shape index (κ1) is 27.7. The molecule has 1 aromatic carbocycles. The number of aromatic nitrogens is 2. The summed E-state index contributed by atoms with van der Waals surface area (Å²) in [5.74, 6) is -1.88. The smallest absolute Gasteiger partial charge is 0.296 e. The number of nitrogens with one attached hydrogen (secondary N) is 1. The highest BCUT2D eigenvalue weighted by Gasteiger charge is 2.38. The minimum atomic E-state index is -3.84. The van der Waals surface area contributed by atoms with Gasteiger partial charge in [-0.2, -0.15) is 17.0 Å². The third-order valence-electron chi connectivity index (χ3n) is 6.51. The van der Waals surface area contributed by atoms with Gasteiger partial charge in [0.05, 0.1) is 6.04 Å². The molecule has 1 atom stereocenters. The molecule has 1 unspecified atom stereocenters. The summed E-state index contributed by atoms with van der Waals surface area (Å²) in [4.78, 5) is 32.0. The minimum Gasteiger partial charge on any atom is -0.501 e. The van der Waals surface area contributed by atoms with Crippen molar-refractivity contribution in [3.8, 4) is 5.75 Å². The minimum absolute atomic E-state index is 0. The van der Waals surface area contributed by atoms with Gasteiger partial charge in [-0.15, -0.1) is 0 Å². The van der Waals surface area contributed by atoms with Crippen LogP contribution in [0.15, 0.2) is 29.1 Å². The topological polar surface area (TPSA) is 128 Å². The van der Waals surface area contributed by atoms with Crippen LogP contribution in [0.1, 0.15) is 48.2 Å². The van der Waals surface area contributed by atoms with Crippen LogP contribution in [0.25, 0.3) is 0 Å². The number of piperazine rings is 1. The molecule has 0 bridgehead atoms. The Labute approximate surface area is 210 Å². The van der Waals surface area contributed by atoms with Crippen LogP contribution in [-0.4, -0.2) is 82.8 Å². The largest absolute Gasteiger partial charge is 0.501 e. The summed E-state index contributed by atoms with van der Waals surface area (Å²) in [7, 11) is -0.470. The molecule has 1 saturated heterocycles. The van der Waals surface area contributed by atoms with E-state index < -0.39 is 45.0 Å². The van der Waals surface area contributed by atoms with Crippen LogP contribution in [0.5, 0.6) is 5.75 Å². The molecule has 4 rings (SSSR count). The molecule has 2 N–H and O–H groups in total. The van der Waals surface area contributed by atoms with Crippen LogP contribution in [0, 0.1) is 5.82 Å². The number of likely N-dealkylation sites (N-methyl/N-ethyl adjacent to an activating group) is 1. The summed E-state index contributed by atoms with van der Waals surface area (Å²) < 4.78 is 43.6. The number of aromatic hydroxyl groups is 1. The van der Waals surface area contributed by atoms with E-state index in [1.165, 1.54) is 44.5 Å². The second-order valence-electron chi connectivity index (χ2n) is 8.82.